The first-order valence-corrected chi connectivity index (χ1v) is 6.38. The largest absolute Gasteiger partial charge is 0.417 e. The Bertz CT molecular complexity index is 576. The topological polar surface area (TPSA) is 17.0 Å². The van der Waals surface area contributed by atoms with Crippen molar-refractivity contribution in [1.82, 2.24) is 4.57 Å². The monoisotopic (exact) mass is 332 g/mol. The summed E-state index contributed by atoms with van der Waals surface area (Å²) in [5.41, 5.74) is 0.762. The van der Waals surface area contributed by atoms with Gasteiger partial charge < -0.3 is 9.88 Å². The van der Waals surface area contributed by atoms with Crippen molar-refractivity contribution < 1.29 is 13.2 Å². The van der Waals surface area contributed by atoms with Crippen LogP contribution >= 0.6 is 15.9 Å². The zero-order valence-electron chi connectivity index (χ0n) is 10.1. The van der Waals surface area contributed by atoms with Gasteiger partial charge in [0.25, 0.3) is 0 Å². The van der Waals surface area contributed by atoms with Gasteiger partial charge in [-0.3, -0.25) is 0 Å². The third-order valence-corrected chi connectivity index (χ3v) is 3.49. The van der Waals surface area contributed by atoms with E-state index < -0.39 is 11.7 Å². The second-order valence-electron chi connectivity index (χ2n) is 4.16. The molecule has 0 saturated carbocycles. The summed E-state index contributed by atoms with van der Waals surface area (Å²) in [6.45, 7) is 0.475. The van der Waals surface area contributed by atoms with Crippen LogP contribution in [0.25, 0.3) is 0 Å². The maximum Gasteiger partial charge on any atom is 0.417 e. The highest BCUT2D eigenvalue weighted by Gasteiger charge is 2.33. The van der Waals surface area contributed by atoms with Crippen LogP contribution in [-0.2, 0) is 19.8 Å². The Morgan fingerprint density at radius 1 is 1.26 bits per heavy atom. The van der Waals surface area contributed by atoms with Gasteiger partial charge in [-0.05, 0) is 30.3 Å². The Labute approximate surface area is 117 Å². The van der Waals surface area contributed by atoms with Gasteiger partial charge in [0.15, 0.2) is 0 Å². The van der Waals surface area contributed by atoms with Gasteiger partial charge in [0.2, 0.25) is 0 Å². The van der Waals surface area contributed by atoms with Crippen LogP contribution in [0.3, 0.4) is 0 Å². The molecular formula is C13H12BrF3N2. The molecule has 0 fully saturated rings. The lowest BCUT2D eigenvalue weighted by molar-refractivity contribution is -0.138. The molecule has 0 spiro atoms. The predicted molar refractivity (Wildman–Crippen MR) is 71.9 cm³/mol. The molecule has 0 aliphatic rings. The van der Waals surface area contributed by atoms with Crippen molar-refractivity contribution in [2.75, 3.05) is 5.32 Å². The standard InChI is InChI=1S/C13H12BrF3N2/c1-19-6-2-3-10(19)8-18-9-4-5-12(14)11(7-9)13(15,16)17/h2-7,18H,8H2,1H3. The molecule has 0 atom stereocenters. The number of hydrogen-bond donors (Lipinski definition) is 1. The summed E-state index contributed by atoms with van der Waals surface area (Å²) in [5.74, 6) is 0. The van der Waals surface area contributed by atoms with Gasteiger partial charge in [-0.15, -0.1) is 0 Å². The van der Waals surface area contributed by atoms with Gasteiger partial charge in [0.05, 0.1) is 12.1 Å². The fraction of sp³-hybridized carbons (Fsp3) is 0.231. The van der Waals surface area contributed by atoms with E-state index in [0.717, 1.165) is 11.8 Å². The third kappa shape index (κ3) is 3.32. The van der Waals surface area contributed by atoms with Crippen molar-refractivity contribution in [3.63, 3.8) is 0 Å². The second kappa shape index (κ2) is 5.28. The first kappa shape index (κ1) is 14.0. The van der Waals surface area contributed by atoms with Crippen LogP contribution in [0.15, 0.2) is 41.0 Å². The zero-order valence-corrected chi connectivity index (χ0v) is 11.7. The molecule has 0 saturated heterocycles. The van der Waals surface area contributed by atoms with Gasteiger partial charge >= 0.3 is 6.18 Å². The number of aromatic nitrogens is 1. The summed E-state index contributed by atoms with van der Waals surface area (Å²) in [4.78, 5) is 0. The predicted octanol–water partition coefficient (Wildman–Crippen LogP) is 4.42. The molecule has 2 rings (SSSR count). The number of rotatable bonds is 3. The molecule has 0 aliphatic heterocycles. The lowest BCUT2D eigenvalue weighted by Gasteiger charge is -2.13. The lowest BCUT2D eigenvalue weighted by atomic mass is 10.2. The van der Waals surface area contributed by atoms with Crippen molar-refractivity contribution in [3.05, 3.63) is 52.3 Å². The Hall–Kier alpha value is -1.43. The number of benzene rings is 1. The first-order valence-electron chi connectivity index (χ1n) is 5.59. The molecular weight excluding hydrogens is 321 g/mol. The number of aryl methyl sites for hydroxylation is 1. The van der Waals surface area contributed by atoms with Crippen molar-refractivity contribution in [2.24, 2.45) is 7.05 Å². The van der Waals surface area contributed by atoms with Crippen molar-refractivity contribution in [1.29, 1.82) is 0 Å². The zero-order chi connectivity index (χ0) is 14.0. The van der Waals surface area contributed by atoms with E-state index in [-0.39, 0.29) is 4.47 Å². The Balaban J connectivity index is 2.16. The van der Waals surface area contributed by atoms with Crippen LogP contribution in [0, 0.1) is 0 Å². The minimum absolute atomic E-state index is 0.0458. The van der Waals surface area contributed by atoms with Crippen LogP contribution in [0.5, 0.6) is 0 Å². The highest BCUT2D eigenvalue weighted by molar-refractivity contribution is 9.10. The van der Waals surface area contributed by atoms with Crippen LogP contribution in [-0.4, -0.2) is 4.57 Å². The molecule has 1 heterocycles. The van der Waals surface area contributed by atoms with E-state index in [4.69, 9.17) is 0 Å². The van der Waals surface area contributed by atoms with E-state index in [1.807, 2.05) is 29.9 Å². The Morgan fingerprint density at radius 2 is 2.00 bits per heavy atom. The van der Waals surface area contributed by atoms with Crippen molar-refractivity contribution >= 4 is 21.6 Å². The SMILES string of the molecule is Cn1cccc1CNc1ccc(Br)c(C(F)(F)F)c1. The van der Waals surface area contributed by atoms with Gasteiger partial charge in [0, 0.05) is 29.1 Å². The maximum absolute atomic E-state index is 12.7. The van der Waals surface area contributed by atoms with Crippen LogP contribution in [0.2, 0.25) is 0 Å². The summed E-state index contributed by atoms with van der Waals surface area (Å²) in [6, 6.07) is 7.92. The smallest absolute Gasteiger partial charge is 0.379 e. The minimum Gasteiger partial charge on any atom is -0.379 e. The molecule has 2 nitrogen and oxygen atoms in total. The van der Waals surface area contributed by atoms with E-state index in [1.54, 1.807) is 6.07 Å². The summed E-state index contributed by atoms with van der Waals surface area (Å²) in [5, 5.41) is 2.99. The number of hydrogen-bond acceptors (Lipinski definition) is 1. The highest BCUT2D eigenvalue weighted by atomic mass is 79.9. The van der Waals surface area contributed by atoms with Gasteiger partial charge in [-0.2, -0.15) is 13.2 Å². The number of nitrogens with one attached hydrogen (secondary N) is 1. The molecule has 6 heteroatoms. The fourth-order valence-electron chi connectivity index (χ4n) is 1.73. The van der Waals surface area contributed by atoms with Crippen LogP contribution < -0.4 is 5.32 Å². The number of anilines is 1. The van der Waals surface area contributed by atoms with Crippen LogP contribution in [0.1, 0.15) is 11.3 Å². The molecule has 1 aromatic carbocycles. The molecule has 1 aromatic heterocycles. The number of halogens is 4. The number of nitrogens with zero attached hydrogens (tertiary/aromatic N) is 1. The van der Waals surface area contributed by atoms with Crippen LogP contribution in [0.4, 0.5) is 18.9 Å². The molecule has 0 aliphatic carbocycles. The molecule has 2 aromatic rings. The normalized spacial score (nSPS) is 11.6. The van der Waals surface area contributed by atoms with Gasteiger partial charge in [-0.25, -0.2) is 0 Å². The van der Waals surface area contributed by atoms with E-state index >= 15 is 0 Å². The van der Waals surface area contributed by atoms with E-state index in [9.17, 15) is 13.2 Å². The van der Waals surface area contributed by atoms with E-state index in [0.29, 0.717) is 12.2 Å². The number of alkyl halides is 3. The second-order valence-corrected chi connectivity index (χ2v) is 5.01. The molecule has 0 unspecified atom stereocenters. The average Bonchev–Trinajstić information content (AvgIpc) is 2.72. The summed E-state index contributed by atoms with van der Waals surface area (Å²) >= 11 is 2.92. The quantitative estimate of drug-likeness (QED) is 0.880. The minimum atomic E-state index is -4.36. The van der Waals surface area contributed by atoms with E-state index in [2.05, 4.69) is 21.2 Å². The molecule has 0 bridgehead atoms. The first-order chi connectivity index (χ1) is 8.88. The highest BCUT2D eigenvalue weighted by Crippen LogP contribution is 2.36. The maximum atomic E-state index is 12.7. The summed E-state index contributed by atoms with van der Waals surface area (Å²) in [7, 11) is 1.89. The third-order valence-electron chi connectivity index (χ3n) is 2.80. The summed E-state index contributed by atoms with van der Waals surface area (Å²) < 4.78 is 40.2. The average molecular weight is 333 g/mol. The molecule has 19 heavy (non-hydrogen) atoms. The van der Waals surface area contributed by atoms with Gasteiger partial charge in [-0.1, -0.05) is 15.9 Å². The molecule has 102 valence electrons. The fourth-order valence-corrected chi connectivity index (χ4v) is 2.20. The van der Waals surface area contributed by atoms with Gasteiger partial charge in [0.1, 0.15) is 0 Å². The molecule has 0 amide bonds. The van der Waals surface area contributed by atoms with Crippen molar-refractivity contribution in [2.45, 2.75) is 12.7 Å². The summed E-state index contributed by atoms with van der Waals surface area (Å²) in [6.07, 6.45) is -2.47. The Morgan fingerprint density at radius 3 is 2.58 bits per heavy atom. The van der Waals surface area contributed by atoms with Crippen molar-refractivity contribution in [3.8, 4) is 0 Å². The lowest BCUT2D eigenvalue weighted by Crippen LogP contribution is -2.08. The molecule has 1 N–H and O–H groups in total. The molecule has 0 radical (unpaired) electrons. The Kier molecular flexibility index (Phi) is 3.89. The van der Waals surface area contributed by atoms with E-state index in [1.165, 1.54) is 6.07 Å².